The average molecular weight is 863 g/mol. The lowest BCUT2D eigenvalue weighted by atomic mass is 9.88. The van der Waals surface area contributed by atoms with E-state index in [1.54, 1.807) is 47.0 Å². The number of aromatic nitrogens is 3. The second-order valence-corrected chi connectivity index (χ2v) is 15.5. The van der Waals surface area contributed by atoms with Crippen LogP contribution >= 0.6 is 0 Å². The standard InChI is InChI=1S/C55H32F6N4/c56-54(57,58)46-23-10-7-20-40(46)44-30-39(53-63-48(35-15-3-1-4-16-35)32-49(64-53)36-17-5-2-6-18-36)31-45(41-21-8-11-24-47(41)55(59,60)61)52(44)65-50-25-12-9-22-42(50)43-29-38(26-27-51(43)65)37-19-13-14-34(28-37)33-62/h1-32H. The lowest BCUT2D eigenvalue weighted by Crippen LogP contribution is -2.11. The highest BCUT2D eigenvalue weighted by Gasteiger charge is 2.37. The molecule has 0 aliphatic carbocycles. The minimum atomic E-state index is -4.86. The molecule has 10 aromatic rings. The zero-order chi connectivity index (χ0) is 44.9. The van der Waals surface area contributed by atoms with E-state index in [2.05, 4.69) is 6.07 Å². The van der Waals surface area contributed by atoms with Crippen LogP contribution < -0.4 is 0 Å². The van der Waals surface area contributed by atoms with Gasteiger partial charge in [0.05, 0.1) is 50.9 Å². The van der Waals surface area contributed by atoms with Gasteiger partial charge in [-0.25, -0.2) is 9.97 Å². The van der Waals surface area contributed by atoms with Gasteiger partial charge in [0.15, 0.2) is 5.82 Å². The molecule has 10 rings (SSSR count). The van der Waals surface area contributed by atoms with Crippen molar-refractivity contribution in [1.29, 1.82) is 5.26 Å². The van der Waals surface area contributed by atoms with Crippen LogP contribution in [0.25, 0.3) is 94.8 Å². The summed E-state index contributed by atoms with van der Waals surface area (Å²) in [5, 5.41) is 11.1. The predicted molar refractivity (Wildman–Crippen MR) is 244 cm³/mol. The van der Waals surface area contributed by atoms with Crippen LogP contribution in [0.15, 0.2) is 194 Å². The Labute approximate surface area is 369 Å². The zero-order valence-corrected chi connectivity index (χ0v) is 34.0. The van der Waals surface area contributed by atoms with Gasteiger partial charge in [-0.1, -0.05) is 133 Å². The Bertz CT molecular complexity index is 3340. The van der Waals surface area contributed by atoms with Gasteiger partial charge in [-0.3, -0.25) is 0 Å². The maximum Gasteiger partial charge on any atom is 0.417 e. The maximum atomic E-state index is 15.3. The molecule has 65 heavy (non-hydrogen) atoms. The van der Waals surface area contributed by atoms with Crippen molar-refractivity contribution in [3.63, 3.8) is 0 Å². The summed E-state index contributed by atoms with van der Waals surface area (Å²) in [6, 6.07) is 55.9. The van der Waals surface area contributed by atoms with Crippen LogP contribution in [0, 0.1) is 11.3 Å². The smallest absolute Gasteiger partial charge is 0.308 e. The molecule has 4 nitrogen and oxygen atoms in total. The first kappa shape index (κ1) is 40.8. The molecule has 0 atom stereocenters. The van der Waals surface area contributed by atoms with E-state index in [1.165, 1.54) is 36.4 Å². The monoisotopic (exact) mass is 862 g/mol. The number of benzene rings is 8. The van der Waals surface area contributed by atoms with Crippen molar-refractivity contribution in [2.24, 2.45) is 0 Å². The van der Waals surface area contributed by atoms with Crippen molar-refractivity contribution >= 4 is 21.8 Å². The Hall–Kier alpha value is -8.29. The number of nitriles is 1. The van der Waals surface area contributed by atoms with Gasteiger partial charge < -0.3 is 4.57 Å². The largest absolute Gasteiger partial charge is 0.417 e. The molecule has 314 valence electrons. The molecular formula is C55H32F6N4. The fourth-order valence-electron chi connectivity index (χ4n) is 8.60. The first-order valence-corrected chi connectivity index (χ1v) is 20.5. The fraction of sp³-hybridized carbons (Fsp3) is 0.0364. The number of fused-ring (bicyclic) bond motifs is 3. The molecule has 8 aromatic carbocycles. The SMILES string of the molecule is N#Cc1cccc(-c2ccc3c(c2)c2ccccc2n3-c2c(-c3ccccc3C(F)(F)F)cc(-c3nc(-c4ccccc4)cc(-c4ccccc4)n3)cc2-c2ccccc2C(F)(F)F)c1. The van der Waals surface area contributed by atoms with E-state index >= 15 is 26.3 Å². The third-order valence-electron chi connectivity index (χ3n) is 11.5. The first-order chi connectivity index (χ1) is 31.5. The fourth-order valence-corrected chi connectivity index (χ4v) is 8.60. The number of nitrogens with zero attached hydrogens (tertiary/aromatic N) is 4. The van der Waals surface area contributed by atoms with Crippen LogP contribution in [0.5, 0.6) is 0 Å². The lowest BCUT2D eigenvalue weighted by Gasteiger charge is -2.24. The highest BCUT2D eigenvalue weighted by atomic mass is 19.4. The summed E-state index contributed by atoms with van der Waals surface area (Å²) in [4.78, 5) is 9.94. The minimum absolute atomic E-state index is 0.00540. The van der Waals surface area contributed by atoms with Crippen molar-refractivity contribution in [2.45, 2.75) is 12.4 Å². The molecule has 2 aromatic heterocycles. The van der Waals surface area contributed by atoms with E-state index in [1.807, 2.05) is 103 Å². The van der Waals surface area contributed by atoms with E-state index in [0.29, 0.717) is 38.8 Å². The number of hydrogen-bond acceptors (Lipinski definition) is 3. The molecule has 0 fully saturated rings. The van der Waals surface area contributed by atoms with Gasteiger partial charge >= 0.3 is 12.4 Å². The normalized spacial score (nSPS) is 11.8. The summed E-state index contributed by atoms with van der Waals surface area (Å²) in [6.45, 7) is 0. The van der Waals surface area contributed by atoms with Gasteiger partial charge in [0.25, 0.3) is 0 Å². The number of halogens is 6. The van der Waals surface area contributed by atoms with Gasteiger partial charge in [0.2, 0.25) is 0 Å². The summed E-state index contributed by atoms with van der Waals surface area (Å²) < 4.78 is 93.7. The van der Waals surface area contributed by atoms with E-state index in [4.69, 9.17) is 9.97 Å². The number of rotatable bonds is 7. The molecule has 0 N–H and O–H groups in total. The zero-order valence-electron chi connectivity index (χ0n) is 34.0. The first-order valence-electron chi connectivity index (χ1n) is 20.5. The van der Waals surface area contributed by atoms with Gasteiger partial charge in [0.1, 0.15) is 0 Å². The van der Waals surface area contributed by atoms with Gasteiger partial charge in [0, 0.05) is 38.6 Å². The van der Waals surface area contributed by atoms with Crippen molar-refractivity contribution in [1.82, 2.24) is 14.5 Å². The number of para-hydroxylation sites is 1. The van der Waals surface area contributed by atoms with Gasteiger partial charge in [-0.15, -0.1) is 0 Å². The molecule has 0 unspecified atom stereocenters. The molecule has 0 aliphatic rings. The van der Waals surface area contributed by atoms with Crippen LogP contribution in [0.1, 0.15) is 16.7 Å². The topological polar surface area (TPSA) is 54.5 Å². The van der Waals surface area contributed by atoms with Crippen LogP contribution in [-0.4, -0.2) is 14.5 Å². The maximum absolute atomic E-state index is 15.3. The van der Waals surface area contributed by atoms with Crippen LogP contribution in [0.4, 0.5) is 26.3 Å². The Morgan fingerprint density at radius 3 is 1.46 bits per heavy atom. The molecule has 0 aliphatic heterocycles. The van der Waals surface area contributed by atoms with Crippen molar-refractivity contribution in [3.8, 4) is 79.0 Å². The molecule has 0 bridgehead atoms. The number of hydrogen-bond donors (Lipinski definition) is 0. The average Bonchev–Trinajstić information content (AvgIpc) is 3.66. The third-order valence-corrected chi connectivity index (χ3v) is 11.5. The van der Waals surface area contributed by atoms with Crippen molar-refractivity contribution in [3.05, 3.63) is 211 Å². The molecular weight excluding hydrogens is 831 g/mol. The molecule has 0 spiro atoms. The van der Waals surface area contributed by atoms with Crippen molar-refractivity contribution in [2.75, 3.05) is 0 Å². The van der Waals surface area contributed by atoms with Gasteiger partial charge in [-0.05, 0) is 82.9 Å². The summed E-state index contributed by atoms with van der Waals surface area (Å²) in [6.07, 6.45) is -9.71. The Kier molecular flexibility index (Phi) is 10.1. The molecule has 0 saturated carbocycles. The van der Waals surface area contributed by atoms with E-state index in [9.17, 15) is 5.26 Å². The third kappa shape index (κ3) is 7.57. The Morgan fingerprint density at radius 1 is 0.400 bits per heavy atom. The van der Waals surface area contributed by atoms with Gasteiger partial charge in [-0.2, -0.15) is 31.6 Å². The highest BCUT2D eigenvalue weighted by Crippen LogP contribution is 2.49. The lowest BCUT2D eigenvalue weighted by molar-refractivity contribution is -0.137. The highest BCUT2D eigenvalue weighted by molar-refractivity contribution is 6.12. The molecule has 0 saturated heterocycles. The quantitative estimate of drug-likeness (QED) is 0.150. The predicted octanol–water partition coefficient (Wildman–Crippen LogP) is 15.5. The molecule has 2 heterocycles. The van der Waals surface area contributed by atoms with Crippen molar-refractivity contribution < 1.29 is 26.3 Å². The van der Waals surface area contributed by atoms with E-state index in [0.717, 1.165) is 34.4 Å². The molecule has 10 heteroatoms. The Balaban J connectivity index is 1.37. The van der Waals surface area contributed by atoms with Crippen LogP contribution in [0.3, 0.4) is 0 Å². The summed E-state index contributed by atoms with van der Waals surface area (Å²) in [5.74, 6) is 0.0969. The van der Waals surface area contributed by atoms with Crippen LogP contribution in [0.2, 0.25) is 0 Å². The minimum Gasteiger partial charge on any atom is -0.308 e. The van der Waals surface area contributed by atoms with Crippen LogP contribution in [-0.2, 0) is 12.4 Å². The second-order valence-electron chi connectivity index (χ2n) is 15.5. The molecule has 0 amide bonds. The summed E-state index contributed by atoms with van der Waals surface area (Å²) in [5.41, 5.74) is 3.40. The summed E-state index contributed by atoms with van der Waals surface area (Å²) in [7, 11) is 0. The van der Waals surface area contributed by atoms with E-state index in [-0.39, 0.29) is 39.3 Å². The Morgan fingerprint density at radius 2 is 0.892 bits per heavy atom. The molecule has 0 radical (unpaired) electrons. The number of alkyl halides is 6. The van der Waals surface area contributed by atoms with E-state index < -0.39 is 23.5 Å². The second kappa shape index (κ2) is 16.1. The summed E-state index contributed by atoms with van der Waals surface area (Å²) >= 11 is 0.